The van der Waals surface area contributed by atoms with Crippen molar-refractivity contribution in [2.24, 2.45) is 7.05 Å². The lowest BCUT2D eigenvalue weighted by molar-refractivity contribution is -0.116. The first kappa shape index (κ1) is 16.8. The number of pyridine rings is 1. The summed E-state index contributed by atoms with van der Waals surface area (Å²) in [7, 11) is 1.66. The summed E-state index contributed by atoms with van der Waals surface area (Å²) in [6.07, 6.45) is 0.0183. The number of aromatic carboxylic acids is 1. The summed E-state index contributed by atoms with van der Waals surface area (Å²) in [5.74, 6) is -2.62. The maximum absolute atomic E-state index is 12.9. The van der Waals surface area contributed by atoms with Gasteiger partial charge in [0.2, 0.25) is 5.91 Å². The minimum atomic E-state index is -1.28. The van der Waals surface area contributed by atoms with Crippen LogP contribution in [0.15, 0.2) is 47.3 Å². The van der Waals surface area contributed by atoms with E-state index in [-0.39, 0.29) is 23.5 Å². The number of nitrogens with zero attached hydrogens (tertiary/aromatic N) is 1. The molecular weight excluding hydrogens is 348 g/mol. The third-order valence-electron chi connectivity index (χ3n) is 4.97. The zero-order valence-corrected chi connectivity index (χ0v) is 14.4. The molecule has 4 rings (SSSR count). The second-order valence-electron chi connectivity index (χ2n) is 6.59. The number of aromatic nitrogens is 1. The van der Waals surface area contributed by atoms with E-state index >= 15 is 0 Å². The van der Waals surface area contributed by atoms with Crippen LogP contribution in [0.5, 0.6) is 5.75 Å². The number of hydrogen-bond donors (Lipinski definition) is 3. The van der Waals surface area contributed by atoms with Gasteiger partial charge in [-0.15, -0.1) is 0 Å². The van der Waals surface area contributed by atoms with Gasteiger partial charge in [-0.1, -0.05) is 18.2 Å². The molecule has 1 aliphatic rings. The monoisotopic (exact) mass is 364 g/mol. The molecule has 7 nitrogen and oxygen atoms in total. The van der Waals surface area contributed by atoms with Crippen LogP contribution in [0.4, 0.5) is 5.69 Å². The van der Waals surface area contributed by atoms with E-state index in [0.717, 1.165) is 10.9 Å². The highest BCUT2D eigenvalue weighted by Gasteiger charge is 2.31. The topological polar surface area (TPSA) is 109 Å². The Morgan fingerprint density at radius 1 is 1.15 bits per heavy atom. The summed E-state index contributed by atoms with van der Waals surface area (Å²) in [6.45, 7) is 0. The van der Waals surface area contributed by atoms with E-state index in [1.165, 1.54) is 16.7 Å². The SMILES string of the molecule is Cn1c(=O)c(C2CC(=O)Nc3cc(O)c(C(=O)O)cc32)cc2ccccc21. The molecule has 2 heterocycles. The van der Waals surface area contributed by atoms with E-state index < -0.39 is 17.6 Å². The Hall–Kier alpha value is -3.61. The second kappa shape index (κ2) is 5.98. The van der Waals surface area contributed by atoms with Crippen LogP contribution in [0.3, 0.4) is 0 Å². The summed E-state index contributed by atoms with van der Waals surface area (Å²) in [5.41, 5.74) is 1.47. The van der Waals surface area contributed by atoms with Crippen LogP contribution in [-0.2, 0) is 11.8 Å². The van der Waals surface area contributed by atoms with Crippen molar-refractivity contribution < 1.29 is 19.8 Å². The number of aryl methyl sites for hydroxylation is 1. The Morgan fingerprint density at radius 2 is 1.89 bits per heavy atom. The molecule has 0 bridgehead atoms. The summed E-state index contributed by atoms with van der Waals surface area (Å²) in [4.78, 5) is 36.5. The summed E-state index contributed by atoms with van der Waals surface area (Å²) in [6, 6.07) is 11.7. The van der Waals surface area contributed by atoms with E-state index in [4.69, 9.17) is 0 Å². The normalized spacial score (nSPS) is 16.0. The van der Waals surface area contributed by atoms with Crippen molar-refractivity contribution in [2.75, 3.05) is 5.32 Å². The lowest BCUT2D eigenvalue weighted by Gasteiger charge is -2.26. The fraction of sp³-hybridized carbons (Fsp3) is 0.150. The minimum absolute atomic E-state index is 0.0183. The van der Waals surface area contributed by atoms with Crippen LogP contribution in [0.1, 0.15) is 33.8 Å². The van der Waals surface area contributed by atoms with Crippen molar-refractivity contribution in [3.05, 3.63) is 69.5 Å². The predicted molar refractivity (Wildman–Crippen MR) is 99.3 cm³/mol. The molecule has 3 aromatic rings. The van der Waals surface area contributed by atoms with Gasteiger partial charge in [0.15, 0.2) is 0 Å². The largest absolute Gasteiger partial charge is 0.507 e. The first-order chi connectivity index (χ1) is 12.9. The van der Waals surface area contributed by atoms with Crippen LogP contribution in [-0.4, -0.2) is 26.7 Å². The third-order valence-corrected chi connectivity index (χ3v) is 4.97. The average molecular weight is 364 g/mol. The molecule has 0 saturated carbocycles. The van der Waals surface area contributed by atoms with E-state index in [0.29, 0.717) is 16.8 Å². The van der Waals surface area contributed by atoms with Gasteiger partial charge in [-0.2, -0.15) is 0 Å². The Labute approximate surface area is 153 Å². The smallest absolute Gasteiger partial charge is 0.339 e. The number of aromatic hydroxyl groups is 1. The number of fused-ring (bicyclic) bond motifs is 2. The molecule has 1 aromatic heterocycles. The predicted octanol–water partition coefficient (Wildman–Crippen LogP) is 2.42. The molecule has 1 unspecified atom stereocenters. The zero-order chi connectivity index (χ0) is 19.3. The highest BCUT2D eigenvalue weighted by molar-refractivity contribution is 5.98. The fourth-order valence-electron chi connectivity index (χ4n) is 3.64. The summed E-state index contributed by atoms with van der Waals surface area (Å²) < 4.78 is 1.52. The van der Waals surface area contributed by atoms with Crippen molar-refractivity contribution >= 4 is 28.5 Å². The Balaban J connectivity index is 1.99. The van der Waals surface area contributed by atoms with E-state index in [2.05, 4.69) is 5.32 Å². The van der Waals surface area contributed by atoms with Crippen molar-refractivity contribution in [1.29, 1.82) is 0 Å². The lowest BCUT2D eigenvalue weighted by Crippen LogP contribution is -2.30. The Morgan fingerprint density at radius 3 is 2.63 bits per heavy atom. The van der Waals surface area contributed by atoms with Gasteiger partial charge in [0, 0.05) is 36.7 Å². The van der Waals surface area contributed by atoms with Crippen LogP contribution in [0.2, 0.25) is 0 Å². The molecule has 1 atom stereocenters. The van der Waals surface area contributed by atoms with Gasteiger partial charge < -0.3 is 20.1 Å². The van der Waals surface area contributed by atoms with Crippen LogP contribution >= 0.6 is 0 Å². The number of nitrogens with one attached hydrogen (secondary N) is 1. The lowest BCUT2D eigenvalue weighted by atomic mass is 9.84. The molecular formula is C20H16N2O5. The van der Waals surface area contributed by atoms with Gasteiger partial charge in [-0.3, -0.25) is 9.59 Å². The molecule has 136 valence electrons. The van der Waals surface area contributed by atoms with Gasteiger partial charge in [-0.25, -0.2) is 4.79 Å². The van der Waals surface area contributed by atoms with E-state index in [1.807, 2.05) is 24.3 Å². The number of para-hydroxylation sites is 1. The summed E-state index contributed by atoms with van der Waals surface area (Å²) in [5, 5.41) is 22.7. The Kier molecular flexibility index (Phi) is 3.73. The number of carbonyl (C=O) groups is 2. The summed E-state index contributed by atoms with van der Waals surface area (Å²) >= 11 is 0. The average Bonchev–Trinajstić information content (AvgIpc) is 2.63. The van der Waals surface area contributed by atoms with E-state index in [9.17, 15) is 24.6 Å². The van der Waals surface area contributed by atoms with Crippen molar-refractivity contribution in [3.63, 3.8) is 0 Å². The first-order valence-electron chi connectivity index (χ1n) is 8.35. The molecule has 2 aromatic carbocycles. The number of hydrogen-bond acceptors (Lipinski definition) is 4. The van der Waals surface area contributed by atoms with Crippen molar-refractivity contribution in [3.8, 4) is 5.75 Å². The first-order valence-corrected chi connectivity index (χ1v) is 8.35. The van der Waals surface area contributed by atoms with Crippen molar-refractivity contribution in [1.82, 2.24) is 4.57 Å². The molecule has 1 amide bonds. The quantitative estimate of drug-likeness (QED) is 0.647. The van der Waals surface area contributed by atoms with Crippen LogP contribution in [0, 0.1) is 0 Å². The van der Waals surface area contributed by atoms with Gasteiger partial charge >= 0.3 is 5.97 Å². The van der Waals surface area contributed by atoms with Crippen LogP contribution in [0.25, 0.3) is 10.9 Å². The standard InChI is InChI=1S/C20H16N2O5/c1-22-16-5-3-2-4-10(16)6-13(19(22)25)11-8-18(24)21-15-9-17(23)14(20(26)27)7-12(11)15/h2-7,9,11,23H,8H2,1H3,(H,21,24)(H,26,27). The maximum Gasteiger partial charge on any atom is 0.339 e. The molecule has 0 radical (unpaired) electrons. The van der Waals surface area contributed by atoms with Gasteiger partial charge in [0.05, 0.1) is 5.52 Å². The molecule has 27 heavy (non-hydrogen) atoms. The number of carboxylic acids is 1. The third kappa shape index (κ3) is 2.64. The number of amides is 1. The number of carboxylic acid groups (broad SMARTS) is 1. The highest BCUT2D eigenvalue weighted by atomic mass is 16.4. The number of benzene rings is 2. The van der Waals surface area contributed by atoms with Gasteiger partial charge in [-0.05, 0) is 29.1 Å². The molecule has 3 N–H and O–H groups in total. The van der Waals surface area contributed by atoms with E-state index in [1.54, 1.807) is 13.1 Å². The fourth-order valence-corrected chi connectivity index (χ4v) is 3.64. The molecule has 0 fully saturated rings. The van der Waals surface area contributed by atoms with Gasteiger partial charge in [0.25, 0.3) is 5.56 Å². The highest BCUT2D eigenvalue weighted by Crippen LogP contribution is 2.39. The number of phenols is 1. The Bertz CT molecular complexity index is 1180. The molecule has 0 spiro atoms. The van der Waals surface area contributed by atoms with Crippen LogP contribution < -0.4 is 10.9 Å². The molecule has 0 saturated heterocycles. The number of rotatable bonds is 2. The minimum Gasteiger partial charge on any atom is -0.507 e. The number of carbonyl (C=O) groups excluding carboxylic acids is 1. The second-order valence-corrected chi connectivity index (χ2v) is 6.59. The van der Waals surface area contributed by atoms with Crippen molar-refractivity contribution in [2.45, 2.75) is 12.3 Å². The maximum atomic E-state index is 12.9. The zero-order valence-electron chi connectivity index (χ0n) is 14.4. The number of anilines is 1. The molecule has 1 aliphatic heterocycles. The molecule has 0 aliphatic carbocycles. The van der Waals surface area contributed by atoms with Gasteiger partial charge in [0.1, 0.15) is 11.3 Å². The molecule has 7 heteroatoms.